The summed E-state index contributed by atoms with van der Waals surface area (Å²) in [6.45, 7) is 50.7. The number of carboxylic acids is 1. The molecule has 2 amide bonds. The molecule has 10 rings (SSSR count). The molecule has 6 heterocycles. The molecule has 1 saturated carbocycles. The van der Waals surface area contributed by atoms with Crippen molar-refractivity contribution in [3.63, 3.8) is 0 Å². The van der Waals surface area contributed by atoms with Crippen molar-refractivity contribution >= 4 is 129 Å². The number of nitrogens with zero attached hydrogens (tertiary/aromatic N) is 8. The molecule has 6 radical (unpaired) electrons. The third-order valence-electron chi connectivity index (χ3n) is 20.6. The van der Waals surface area contributed by atoms with Crippen LogP contribution in [0.2, 0.25) is 5.15 Å². The minimum atomic E-state index is -3.56. The molecule has 3 saturated heterocycles. The van der Waals surface area contributed by atoms with E-state index in [4.69, 9.17) is 83.7 Å². The van der Waals surface area contributed by atoms with Crippen LogP contribution in [0, 0.1) is 35.0 Å². The molecule has 3 aliphatic heterocycles. The summed E-state index contributed by atoms with van der Waals surface area (Å²) in [6.07, 6.45) is 3.35. The van der Waals surface area contributed by atoms with Crippen LogP contribution in [0.15, 0.2) is 105 Å². The van der Waals surface area contributed by atoms with Crippen LogP contribution in [0.4, 0.5) is 35.9 Å². The standard InChI is InChI=1S/C28H37F2N3O6.C23H29F2N3O4.C16H29NO5.C15H24O4.C12H9ClF2N2O.2CH4.B4.ClH.6H2/c1-10-17-20(15-33(25(35)39-27(6,7)8)21(17)24(34)38-26(3,4)5)37-23-22(28(29,30)11-2)31-18-13-12-16(36-9)14-19(18)32-23;1-7-14-17(12-26-18(14)21(29)32-22(3,4)5)31-20-19(23(24,25)8-2)27-15-10-9-13(30-6)11-16(15)28-20;1-8-10-11(18)9-17(14(20)22-16(5,6)7)12(10)13(19)21-15(2,3)4;1-5-6-7-10-8-12(10)19-13(16)9-11(14(17)18)15(2,3)4;1-3-12(14,15)10-11(13)17-9-6-7(18-2)4-5-8(9)16-10;;;1-4(2)3;;;;;;;/h11-14,17,20-21H,2,10,15H2,1,3-9H3;8-11,14,17-18,26H,2,7,12H2,1,3-6H3;10-12,18H,8-9H2,1-7H3;5,10-12H,1,6-9H2,2-4H3,(H,17,18);3-6H,1H2,2H3;2*1H4;;7*1H/t17-,20+,21+;14-,17+,18+;10-,11+,12+;10-,11-,12-;;;;;;;;;;;/m1111.........../s1/i;;;;;;;;;5*1+1D;1+1. The lowest BCUT2D eigenvalue weighted by molar-refractivity contribution is -0.162. The molecule has 1 aliphatic carbocycles. The number of methoxy groups -OCH3 is 3. The SMILES string of the molecule is C.C.C=CC(F)(F)c1nc2ccc(OC)cc2nc1Cl.C=CC(F)(F)c1nc2ccc(OC)cc2nc1O[C@H]1CN(C(=O)OC(C)(C)C)[C@H](C(=O)OC(C)(C)C)[C@@H]1CC.C=CC(F)(F)c1nc2ccc(OC)cc2nc1O[C@H]1CN[C@H](C(=O)OC(C)(C)C)[C@@H]1CC.C=CCC[C@@H]1C[C@H]1OC(=O)C[C@H](C(=O)O)C(C)(C)C.CC[C@H]1[C@@H](C(=O)OC(C)(C)C)N(C(=O)OC(C)(C)C)C[C@@H]1O.Cl.[2HH].[2H][2H].[2H][2H].[2H][2H].[2H][2H].[2H][2H].[B]B([B])[B]. The molecule has 3 aromatic heterocycles. The number of hydrogen-bond donors (Lipinski definition) is 3. The molecule has 137 heavy (non-hydrogen) atoms. The highest BCUT2D eigenvalue weighted by Crippen LogP contribution is 2.44. The number of benzene rings is 3. The number of hydrogen-bond acceptors (Lipinski definition) is 26. The van der Waals surface area contributed by atoms with Crippen LogP contribution in [0.1, 0.15) is 239 Å². The number of aromatic nitrogens is 6. The number of β-amino-alcohol motifs (C(OH)–C–C–N with tert-alkyl or cyclic N) is 1. The molecule has 41 heteroatoms. The number of allylic oxidation sites excluding steroid dienone is 4. The summed E-state index contributed by atoms with van der Waals surface area (Å²) in [7, 11) is 18.5. The molecule has 0 spiro atoms. The Morgan fingerprint density at radius 2 is 0.891 bits per heavy atom. The van der Waals surface area contributed by atoms with Gasteiger partial charge < -0.3 is 67.6 Å². The number of carbonyl (C=O) groups excluding carboxylic acids is 6. The lowest BCUT2D eigenvalue weighted by Crippen LogP contribution is -2.47. The van der Waals surface area contributed by atoms with Crippen LogP contribution >= 0.6 is 24.0 Å². The Hall–Kier alpha value is -10.1. The van der Waals surface area contributed by atoms with E-state index in [-0.39, 0.29) is 100 Å². The van der Waals surface area contributed by atoms with E-state index in [9.17, 15) is 65.0 Å². The van der Waals surface area contributed by atoms with Crippen molar-refractivity contribution in [3.8, 4) is 29.0 Å². The number of likely N-dealkylation sites (tertiary alicyclic amines) is 2. The van der Waals surface area contributed by atoms with Crippen molar-refractivity contribution in [3.05, 3.63) is 127 Å². The molecule has 3 N–H and O–H groups in total. The first-order chi connectivity index (χ1) is 66.8. The maximum Gasteiger partial charge on any atom is 0.411 e. The van der Waals surface area contributed by atoms with Gasteiger partial charge in [-0.3, -0.25) is 24.2 Å². The molecule has 0 bridgehead atoms. The summed E-state index contributed by atoms with van der Waals surface area (Å²) in [5.74, 6) is -13.9. The normalized spacial score (nSPS) is 20.1. The van der Waals surface area contributed by atoms with Crippen LogP contribution in [0.25, 0.3) is 33.1 Å². The molecular weight excluding hydrogens is 1830 g/mol. The molecule has 4 aliphatic rings. The largest absolute Gasteiger partial charge is 0.497 e. The summed E-state index contributed by atoms with van der Waals surface area (Å²) in [6, 6.07) is 11.7. The predicted molar refractivity (Wildman–Crippen MR) is 534 cm³/mol. The monoisotopic (exact) mass is 1990 g/mol. The molecule has 0 unspecified atom stereocenters. The Kier molecular flexibility index (Phi) is 42.5. The number of aliphatic hydroxyl groups excluding tert-OH is 1. The quantitative estimate of drug-likeness (QED) is 0.0149. The van der Waals surface area contributed by atoms with Gasteiger partial charge in [0.05, 0.1) is 86.0 Å². The topological polar surface area (TPSA) is 357 Å². The van der Waals surface area contributed by atoms with Crippen molar-refractivity contribution in [1.29, 1.82) is 0 Å². The van der Waals surface area contributed by atoms with Crippen molar-refractivity contribution in [2.24, 2.45) is 35.0 Å². The van der Waals surface area contributed by atoms with Gasteiger partial charge in [-0.15, -0.1) is 19.0 Å². The van der Waals surface area contributed by atoms with Gasteiger partial charge >= 0.3 is 59.8 Å². The predicted octanol–water partition coefficient (Wildman–Crippen LogP) is 20.2. The number of alkyl halides is 6. The van der Waals surface area contributed by atoms with E-state index in [0.29, 0.717) is 77.2 Å². The van der Waals surface area contributed by atoms with Gasteiger partial charge in [-0.1, -0.05) is 93.8 Å². The zero-order valence-corrected chi connectivity index (χ0v) is 83.1. The number of ether oxygens (including phenoxy) is 11. The van der Waals surface area contributed by atoms with E-state index in [1.54, 1.807) is 152 Å². The van der Waals surface area contributed by atoms with Gasteiger partial charge in [0.2, 0.25) is 11.8 Å². The first kappa shape index (κ1) is 114. The number of carbonyl (C=O) groups is 7. The van der Waals surface area contributed by atoms with Gasteiger partial charge in [-0.2, -0.15) is 26.3 Å². The Morgan fingerprint density at radius 1 is 0.533 bits per heavy atom. The van der Waals surface area contributed by atoms with Gasteiger partial charge in [0, 0.05) is 88.4 Å². The van der Waals surface area contributed by atoms with Crippen molar-refractivity contribution < 1.29 is 138 Å². The number of carboxylic acid groups (broad SMARTS) is 1. The molecule has 12 atom stereocenters. The van der Waals surface area contributed by atoms with Crippen molar-refractivity contribution in [2.75, 3.05) is 41.0 Å². The third-order valence-corrected chi connectivity index (χ3v) is 20.9. The van der Waals surface area contributed by atoms with Gasteiger partial charge in [0.1, 0.15) is 81.7 Å². The number of halogens is 8. The number of aliphatic carboxylic acids is 1. The fourth-order valence-electron chi connectivity index (χ4n) is 14.2. The summed E-state index contributed by atoms with van der Waals surface area (Å²) >= 11 is 5.72. The second kappa shape index (κ2) is 51.2. The van der Waals surface area contributed by atoms with Gasteiger partial charge in [0.25, 0.3) is 0 Å². The lowest BCUT2D eigenvalue weighted by Gasteiger charge is -2.31. The fourth-order valence-corrected chi connectivity index (χ4v) is 14.5. The highest BCUT2D eigenvalue weighted by molar-refractivity contribution is 7.49. The minimum absolute atomic E-state index is 0. The third kappa shape index (κ3) is 36.6. The molecular formula is C96H149B4Cl2F6N9O20. The fraction of sp³-hybridized carbons (Fsp3) is 0.594. The summed E-state index contributed by atoms with van der Waals surface area (Å²) in [5, 5.41) is 22.1. The Morgan fingerprint density at radius 3 is 1.25 bits per heavy atom. The lowest BCUT2D eigenvalue weighted by atomic mass is 9.08. The van der Waals surface area contributed by atoms with E-state index in [1.165, 1.54) is 37.2 Å². The van der Waals surface area contributed by atoms with E-state index >= 15 is 0 Å². The van der Waals surface area contributed by atoms with Crippen LogP contribution in [-0.2, 0) is 70.2 Å². The molecule has 3 aromatic carbocycles. The number of esters is 4. The van der Waals surface area contributed by atoms with E-state index in [1.807, 2.05) is 47.6 Å². The number of fused-ring (bicyclic) bond motifs is 3. The van der Waals surface area contributed by atoms with Crippen LogP contribution < -0.4 is 29.0 Å². The number of nitrogens with one attached hydrogen (secondary N) is 1. The highest BCUT2D eigenvalue weighted by Gasteiger charge is 2.54. The molecule has 4 fully saturated rings. The van der Waals surface area contributed by atoms with Crippen molar-refractivity contribution in [2.45, 2.75) is 294 Å². The summed E-state index contributed by atoms with van der Waals surface area (Å²) < 4.78 is 196. The average molecular weight is 1990 g/mol. The van der Waals surface area contributed by atoms with E-state index in [2.05, 4.69) is 84.7 Å². The maximum absolute atomic E-state index is 15.0. The number of amides is 2. The molecule has 6 aromatic rings. The van der Waals surface area contributed by atoms with Crippen LogP contribution in [0.5, 0.6) is 29.0 Å². The van der Waals surface area contributed by atoms with Crippen LogP contribution in [-0.4, -0.2) is 233 Å². The Labute approximate surface area is 834 Å². The van der Waals surface area contributed by atoms with E-state index < -0.39 is 171 Å². The van der Waals surface area contributed by atoms with E-state index in [0.717, 1.165) is 19.3 Å². The first-order valence-corrected chi connectivity index (χ1v) is 44.2. The molecule has 29 nitrogen and oxygen atoms in total. The van der Waals surface area contributed by atoms with Gasteiger partial charge in [-0.25, -0.2) is 49.1 Å². The van der Waals surface area contributed by atoms with Gasteiger partial charge in [-0.05, 0) is 208 Å². The second-order valence-electron chi connectivity index (χ2n) is 38.3. The average Bonchev–Trinajstić information content (AvgIpc) is 1.53. The van der Waals surface area contributed by atoms with Crippen LogP contribution in [0.3, 0.4) is 0 Å². The molecule has 766 valence electrons. The second-order valence-corrected chi connectivity index (χ2v) is 38.7. The first-order valence-electron chi connectivity index (χ1n) is 48.8. The number of rotatable bonds is 26. The summed E-state index contributed by atoms with van der Waals surface area (Å²) in [5.41, 5.74) is -4.20. The Balaban J connectivity index is -0.000000568. The highest BCUT2D eigenvalue weighted by atomic mass is 35.5. The minimum Gasteiger partial charge on any atom is -0.497 e. The zero-order valence-electron chi connectivity index (χ0n) is 91.5. The Bertz CT molecular complexity index is 5150. The summed E-state index contributed by atoms with van der Waals surface area (Å²) in [4.78, 5) is 114. The zero-order chi connectivity index (χ0) is 112. The number of aliphatic hydroxyl groups is 1. The maximum atomic E-state index is 15.0. The van der Waals surface area contributed by atoms with Crippen molar-refractivity contribution in [1.82, 2.24) is 45.0 Å². The smallest absolute Gasteiger partial charge is 0.411 e. The van der Waals surface area contributed by atoms with Gasteiger partial charge in [0.15, 0.2) is 22.2 Å².